The van der Waals surface area contributed by atoms with Gasteiger partial charge >= 0.3 is 0 Å². The minimum Gasteiger partial charge on any atom is -0.463 e. The van der Waals surface area contributed by atoms with Crippen LogP contribution in [0.3, 0.4) is 0 Å². The fraction of sp³-hybridized carbons (Fsp3) is 0.467. The molecule has 3 rings (SSSR count). The lowest BCUT2D eigenvalue weighted by Crippen LogP contribution is -2.50. The SMILES string of the molecule is CC(C)S(=O)(=O)N1CCN(c2ccc(-c3ccco3)nn2)CC1. The van der Waals surface area contributed by atoms with E-state index in [-0.39, 0.29) is 5.25 Å². The predicted molar refractivity (Wildman–Crippen MR) is 87.6 cm³/mol. The Balaban J connectivity index is 1.66. The van der Waals surface area contributed by atoms with Crippen LogP contribution in [-0.4, -0.2) is 54.3 Å². The first kappa shape index (κ1) is 15.9. The Morgan fingerprint density at radius 2 is 1.83 bits per heavy atom. The molecule has 0 N–H and O–H groups in total. The van der Waals surface area contributed by atoms with Gasteiger partial charge < -0.3 is 9.32 Å². The molecule has 0 atom stereocenters. The van der Waals surface area contributed by atoms with Crippen molar-refractivity contribution in [3.8, 4) is 11.5 Å². The Morgan fingerprint density at radius 1 is 1.09 bits per heavy atom. The van der Waals surface area contributed by atoms with E-state index in [2.05, 4.69) is 10.2 Å². The predicted octanol–water partition coefficient (Wildman–Crippen LogP) is 1.60. The van der Waals surface area contributed by atoms with Crippen molar-refractivity contribution in [2.45, 2.75) is 19.1 Å². The van der Waals surface area contributed by atoms with Crippen molar-refractivity contribution >= 4 is 15.8 Å². The maximum Gasteiger partial charge on any atom is 0.216 e. The molecule has 23 heavy (non-hydrogen) atoms. The van der Waals surface area contributed by atoms with Crippen LogP contribution in [0.15, 0.2) is 34.9 Å². The second kappa shape index (κ2) is 6.29. The van der Waals surface area contributed by atoms with Crippen molar-refractivity contribution in [1.82, 2.24) is 14.5 Å². The molecule has 0 amide bonds. The number of nitrogens with zero attached hydrogens (tertiary/aromatic N) is 4. The molecule has 8 heteroatoms. The Hall–Kier alpha value is -1.93. The van der Waals surface area contributed by atoms with Gasteiger partial charge in [0.2, 0.25) is 10.0 Å². The Bertz CT molecular complexity index is 734. The highest BCUT2D eigenvalue weighted by Gasteiger charge is 2.29. The average Bonchev–Trinajstić information content (AvgIpc) is 3.09. The summed E-state index contributed by atoms with van der Waals surface area (Å²) in [6.45, 7) is 5.59. The van der Waals surface area contributed by atoms with Gasteiger partial charge in [-0.15, -0.1) is 10.2 Å². The lowest BCUT2D eigenvalue weighted by molar-refractivity contribution is 0.379. The van der Waals surface area contributed by atoms with E-state index >= 15 is 0 Å². The summed E-state index contributed by atoms with van der Waals surface area (Å²) in [7, 11) is -3.18. The van der Waals surface area contributed by atoms with Gasteiger partial charge in [-0.05, 0) is 38.1 Å². The van der Waals surface area contributed by atoms with Crippen LogP contribution in [0.5, 0.6) is 0 Å². The highest BCUT2D eigenvalue weighted by molar-refractivity contribution is 7.89. The molecule has 0 aromatic carbocycles. The first-order valence-corrected chi connectivity index (χ1v) is 9.10. The number of rotatable bonds is 4. The van der Waals surface area contributed by atoms with E-state index in [0.29, 0.717) is 37.6 Å². The van der Waals surface area contributed by atoms with Crippen LogP contribution < -0.4 is 4.90 Å². The van der Waals surface area contributed by atoms with Crippen molar-refractivity contribution in [2.75, 3.05) is 31.1 Å². The molecule has 0 unspecified atom stereocenters. The Kier molecular flexibility index (Phi) is 4.36. The highest BCUT2D eigenvalue weighted by atomic mass is 32.2. The molecule has 1 saturated heterocycles. The summed E-state index contributed by atoms with van der Waals surface area (Å²) >= 11 is 0. The van der Waals surface area contributed by atoms with Gasteiger partial charge in [0, 0.05) is 26.2 Å². The molecule has 2 aromatic heterocycles. The lowest BCUT2D eigenvalue weighted by atomic mass is 10.3. The second-order valence-electron chi connectivity index (χ2n) is 5.73. The van der Waals surface area contributed by atoms with E-state index in [4.69, 9.17) is 4.42 Å². The number of piperazine rings is 1. The molecule has 0 bridgehead atoms. The topological polar surface area (TPSA) is 79.5 Å². The number of anilines is 1. The Labute approximate surface area is 136 Å². The maximum absolute atomic E-state index is 12.2. The molecule has 1 fully saturated rings. The summed E-state index contributed by atoms with van der Waals surface area (Å²) in [5.74, 6) is 1.43. The fourth-order valence-corrected chi connectivity index (χ4v) is 3.79. The number of hydrogen-bond donors (Lipinski definition) is 0. The molecule has 0 saturated carbocycles. The molecule has 0 spiro atoms. The van der Waals surface area contributed by atoms with Crippen LogP contribution >= 0.6 is 0 Å². The summed E-state index contributed by atoms with van der Waals surface area (Å²) in [6.07, 6.45) is 1.60. The van der Waals surface area contributed by atoms with Crippen LogP contribution in [0.4, 0.5) is 5.82 Å². The standard InChI is InChI=1S/C15H20N4O3S/c1-12(2)23(20,21)19-9-7-18(8-10-19)15-6-5-13(16-17-15)14-4-3-11-22-14/h3-6,11-12H,7-10H2,1-2H3. The van der Waals surface area contributed by atoms with Gasteiger partial charge in [-0.3, -0.25) is 0 Å². The van der Waals surface area contributed by atoms with Gasteiger partial charge in [0.15, 0.2) is 11.6 Å². The van der Waals surface area contributed by atoms with Gasteiger partial charge in [0.1, 0.15) is 5.69 Å². The number of furan rings is 1. The molecule has 0 radical (unpaired) electrons. The summed E-state index contributed by atoms with van der Waals surface area (Å²) in [6, 6.07) is 7.38. The van der Waals surface area contributed by atoms with Crippen LogP contribution in [-0.2, 0) is 10.0 Å². The number of sulfonamides is 1. The molecule has 1 aliphatic rings. The van der Waals surface area contributed by atoms with Crippen molar-refractivity contribution in [3.05, 3.63) is 30.5 Å². The van der Waals surface area contributed by atoms with Crippen molar-refractivity contribution in [3.63, 3.8) is 0 Å². The quantitative estimate of drug-likeness (QED) is 0.844. The van der Waals surface area contributed by atoms with Gasteiger partial charge in [0.25, 0.3) is 0 Å². The maximum atomic E-state index is 12.2. The van der Waals surface area contributed by atoms with Gasteiger partial charge in [-0.1, -0.05) is 0 Å². The van der Waals surface area contributed by atoms with Crippen LogP contribution in [0.2, 0.25) is 0 Å². The van der Waals surface area contributed by atoms with E-state index in [0.717, 1.165) is 5.82 Å². The largest absolute Gasteiger partial charge is 0.463 e. The molecular formula is C15H20N4O3S. The van der Waals surface area contributed by atoms with Crippen molar-refractivity contribution in [1.29, 1.82) is 0 Å². The third-order valence-electron chi connectivity index (χ3n) is 3.94. The van der Waals surface area contributed by atoms with E-state index in [9.17, 15) is 8.42 Å². The molecule has 0 aliphatic carbocycles. The molecule has 3 heterocycles. The molecule has 1 aliphatic heterocycles. The zero-order valence-corrected chi connectivity index (χ0v) is 14.0. The van der Waals surface area contributed by atoms with Crippen LogP contribution in [0.1, 0.15) is 13.8 Å². The lowest BCUT2D eigenvalue weighted by Gasteiger charge is -2.35. The number of hydrogen-bond acceptors (Lipinski definition) is 6. The zero-order valence-electron chi connectivity index (χ0n) is 13.2. The monoisotopic (exact) mass is 336 g/mol. The Morgan fingerprint density at radius 3 is 2.35 bits per heavy atom. The van der Waals surface area contributed by atoms with Gasteiger partial charge in [-0.2, -0.15) is 4.31 Å². The average molecular weight is 336 g/mol. The van der Waals surface area contributed by atoms with E-state index in [1.165, 1.54) is 0 Å². The van der Waals surface area contributed by atoms with Crippen molar-refractivity contribution < 1.29 is 12.8 Å². The van der Waals surface area contributed by atoms with Gasteiger partial charge in [-0.25, -0.2) is 8.42 Å². The first-order chi connectivity index (χ1) is 11.0. The third kappa shape index (κ3) is 3.23. The fourth-order valence-electron chi connectivity index (χ4n) is 2.52. The highest BCUT2D eigenvalue weighted by Crippen LogP contribution is 2.20. The molecule has 7 nitrogen and oxygen atoms in total. The summed E-state index contributed by atoms with van der Waals surface area (Å²) in [4.78, 5) is 2.05. The van der Waals surface area contributed by atoms with Crippen LogP contribution in [0.25, 0.3) is 11.5 Å². The summed E-state index contributed by atoms with van der Waals surface area (Å²) in [5.41, 5.74) is 0.680. The zero-order chi connectivity index (χ0) is 16.4. The van der Waals surface area contributed by atoms with E-state index in [1.807, 2.05) is 23.1 Å². The molecule has 124 valence electrons. The normalized spacial score (nSPS) is 16.9. The van der Waals surface area contributed by atoms with Gasteiger partial charge in [0.05, 0.1) is 11.5 Å². The molecule has 2 aromatic rings. The number of aromatic nitrogens is 2. The minimum atomic E-state index is -3.18. The minimum absolute atomic E-state index is 0.388. The van der Waals surface area contributed by atoms with Crippen LogP contribution in [0, 0.1) is 0 Å². The smallest absolute Gasteiger partial charge is 0.216 e. The second-order valence-corrected chi connectivity index (χ2v) is 8.22. The van der Waals surface area contributed by atoms with E-state index < -0.39 is 10.0 Å². The molecular weight excluding hydrogens is 316 g/mol. The van der Waals surface area contributed by atoms with E-state index in [1.54, 1.807) is 30.5 Å². The summed E-state index contributed by atoms with van der Waals surface area (Å²) < 4.78 is 31.2. The first-order valence-electron chi connectivity index (χ1n) is 7.60. The third-order valence-corrected chi connectivity index (χ3v) is 6.22. The van der Waals surface area contributed by atoms with Crippen molar-refractivity contribution in [2.24, 2.45) is 0 Å². The summed E-state index contributed by atoms with van der Waals surface area (Å²) in [5, 5.41) is 8.02.